The fraction of sp³-hybridized carbons (Fsp3) is 0.444. The molecule has 2 amide bonds. The minimum absolute atomic E-state index is 0. The van der Waals surface area contributed by atoms with Crippen LogP contribution >= 0.6 is 23.7 Å². The van der Waals surface area contributed by atoms with Crippen molar-refractivity contribution < 1.29 is 9.59 Å². The second-order valence-electron chi connectivity index (χ2n) is 6.12. The molecule has 2 aromatic rings. The lowest BCUT2D eigenvalue weighted by Crippen LogP contribution is -2.50. The van der Waals surface area contributed by atoms with Gasteiger partial charge in [0.1, 0.15) is 0 Å². The third-order valence-electron chi connectivity index (χ3n) is 4.55. The van der Waals surface area contributed by atoms with Crippen LogP contribution in [-0.2, 0) is 4.79 Å². The number of fused-ring (bicyclic) bond motifs is 1. The van der Waals surface area contributed by atoms with Gasteiger partial charge in [0.25, 0.3) is 5.91 Å². The molecule has 5 nitrogen and oxygen atoms in total. The van der Waals surface area contributed by atoms with Crippen LogP contribution in [0.5, 0.6) is 0 Å². The third kappa shape index (κ3) is 4.14. The Morgan fingerprint density at radius 1 is 1.12 bits per heavy atom. The molecule has 1 aromatic carbocycles. The summed E-state index contributed by atoms with van der Waals surface area (Å²) < 4.78 is 1.15. The van der Waals surface area contributed by atoms with Crippen molar-refractivity contribution in [3.63, 3.8) is 0 Å². The second-order valence-corrected chi connectivity index (χ2v) is 7.17. The lowest BCUT2D eigenvalue weighted by atomic mass is 10.1. The monoisotopic (exact) mass is 381 g/mol. The van der Waals surface area contributed by atoms with Gasteiger partial charge in [-0.1, -0.05) is 18.2 Å². The first kappa shape index (κ1) is 19.7. The number of carbonyl (C=O) groups excluding carboxylic acids is 2. The van der Waals surface area contributed by atoms with Gasteiger partial charge in [0.05, 0.1) is 4.88 Å². The summed E-state index contributed by atoms with van der Waals surface area (Å²) in [6.45, 7) is 4.97. The minimum atomic E-state index is 0. The first-order valence-corrected chi connectivity index (χ1v) is 9.18. The van der Waals surface area contributed by atoms with Crippen LogP contribution in [0.25, 0.3) is 10.1 Å². The van der Waals surface area contributed by atoms with Crippen molar-refractivity contribution >= 4 is 45.6 Å². The van der Waals surface area contributed by atoms with E-state index in [9.17, 15) is 9.59 Å². The van der Waals surface area contributed by atoms with Gasteiger partial charge in [-0.2, -0.15) is 0 Å². The summed E-state index contributed by atoms with van der Waals surface area (Å²) in [6.07, 6.45) is 1.22. The zero-order valence-electron chi connectivity index (χ0n) is 14.4. The Morgan fingerprint density at radius 3 is 2.40 bits per heavy atom. The highest BCUT2D eigenvalue weighted by Crippen LogP contribution is 2.31. The van der Waals surface area contributed by atoms with Gasteiger partial charge in [0, 0.05) is 37.3 Å². The SMILES string of the molecule is Cc1c(C(=O)N2CCN(C(=O)CCCN)CC2)sc2ccccc12.Cl. The van der Waals surface area contributed by atoms with E-state index in [1.165, 1.54) is 0 Å². The van der Waals surface area contributed by atoms with Crippen LogP contribution < -0.4 is 5.73 Å². The van der Waals surface area contributed by atoms with E-state index in [0.29, 0.717) is 39.1 Å². The minimum Gasteiger partial charge on any atom is -0.339 e. The summed E-state index contributed by atoms with van der Waals surface area (Å²) in [6, 6.07) is 8.12. The van der Waals surface area contributed by atoms with Crippen molar-refractivity contribution in [1.82, 2.24) is 9.80 Å². The number of aryl methyl sites for hydroxylation is 1. The average molecular weight is 382 g/mol. The first-order chi connectivity index (χ1) is 11.6. The second kappa shape index (κ2) is 8.65. The molecule has 2 N–H and O–H groups in total. The highest BCUT2D eigenvalue weighted by molar-refractivity contribution is 7.21. The Kier molecular flexibility index (Phi) is 6.81. The van der Waals surface area contributed by atoms with Crippen molar-refractivity contribution in [2.24, 2.45) is 5.73 Å². The standard InChI is InChI=1S/C18H23N3O2S.ClH/c1-13-14-5-2-3-6-15(14)24-17(13)18(23)21-11-9-20(10-12-21)16(22)7-4-8-19;/h2-3,5-6H,4,7-12,19H2,1H3;1H. The largest absolute Gasteiger partial charge is 0.339 e. The molecular weight excluding hydrogens is 358 g/mol. The van der Waals surface area contributed by atoms with Gasteiger partial charge in [-0.15, -0.1) is 23.7 Å². The molecule has 25 heavy (non-hydrogen) atoms. The zero-order chi connectivity index (χ0) is 17.1. The summed E-state index contributed by atoms with van der Waals surface area (Å²) in [5.41, 5.74) is 6.51. The van der Waals surface area contributed by atoms with E-state index >= 15 is 0 Å². The molecule has 2 heterocycles. The number of hydrogen-bond acceptors (Lipinski definition) is 4. The van der Waals surface area contributed by atoms with Gasteiger partial charge < -0.3 is 15.5 Å². The van der Waals surface area contributed by atoms with Gasteiger partial charge >= 0.3 is 0 Å². The Hall–Kier alpha value is -1.63. The Bertz CT molecular complexity index is 754. The molecule has 0 atom stereocenters. The molecule has 0 spiro atoms. The first-order valence-electron chi connectivity index (χ1n) is 8.37. The topological polar surface area (TPSA) is 66.6 Å². The molecule has 1 fully saturated rings. The summed E-state index contributed by atoms with van der Waals surface area (Å²) in [5, 5.41) is 1.15. The van der Waals surface area contributed by atoms with Gasteiger partial charge in [-0.05, 0) is 36.9 Å². The molecule has 7 heteroatoms. The van der Waals surface area contributed by atoms with E-state index in [-0.39, 0.29) is 24.2 Å². The fourth-order valence-electron chi connectivity index (χ4n) is 3.09. The zero-order valence-corrected chi connectivity index (χ0v) is 16.0. The summed E-state index contributed by atoms with van der Waals surface area (Å²) in [7, 11) is 0. The molecule has 1 saturated heterocycles. The van der Waals surface area contributed by atoms with Crippen LogP contribution in [0, 0.1) is 6.92 Å². The van der Waals surface area contributed by atoms with Crippen LogP contribution in [0.2, 0.25) is 0 Å². The predicted octanol–water partition coefficient (Wildman–Crippen LogP) is 2.65. The molecule has 1 aliphatic heterocycles. The highest BCUT2D eigenvalue weighted by atomic mass is 35.5. The van der Waals surface area contributed by atoms with Gasteiger partial charge in [-0.25, -0.2) is 0 Å². The van der Waals surface area contributed by atoms with Gasteiger partial charge in [0.2, 0.25) is 5.91 Å². The van der Waals surface area contributed by atoms with Crippen LogP contribution in [0.1, 0.15) is 28.1 Å². The number of halogens is 1. The number of nitrogens with two attached hydrogens (primary N) is 1. The lowest BCUT2D eigenvalue weighted by molar-refractivity contribution is -0.132. The van der Waals surface area contributed by atoms with Crippen molar-refractivity contribution in [3.05, 3.63) is 34.7 Å². The average Bonchev–Trinajstić information content (AvgIpc) is 2.96. The summed E-state index contributed by atoms with van der Waals surface area (Å²) in [4.78, 5) is 29.4. The van der Waals surface area contributed by atoms with E-state index in [0.717, 1.165) is 26.9 Å². The van der Waals surface area contributed by atoms with E-state index < -0.39 is 0 Å². The van der Waals surface area contributed by atoms with Crippen LogP contribution in [0.15, 0.2) is 24.3 Å². The molecule has 1 aromatic heterocycles. The molecule has 136 valence electrons. The normalized spacial score (nSPS) is 14.5. The summed E-state index contributed by atoms with van der Waals surface area (Å²) in [5.74, 6) is 0.230. The fourth-order valence-corrected chi connectivity index (χ4v) is 4.27. The predicted molar refractivity (Wildman–Crippen MR) is 105 cm³/mol. The number of thiophene rings is 1. The third-order valence-corrected chi connectivity index (χ3v) is 5.81. The number of benzene rings is 1. The van der Waals surface area contributed by atoms with Crippen LogP contribution in [0.3, 0.4) is 0 Å². The molecule has 0 radical (unpaired) electrons. The molecule has 1 aliphatic rings. The van der Waals surface area contributed by atoms with Crippen molar-refractivity contribution in [1.29, 1.82) is 0 Å². The van der Waals surface area contributed by atoms with Crippen LogP contribution in [0.4, 0.5) is 0 Å². The molecule has 0 saturated carbocycles. The van der Waals surface area contributed by atoms with Crippen molar-refractivity contribution in [2.45, 2.75) is 19.8 Å². The van der Waals surface area contributed by atoms with Crippen molar-refractivity contribution in [3.8, 4) is 0 Å². The Labute approximate surface area is 158 Å². The van der Waals surface area contributed by atoms with Crippen molar-refractivity contribution in [2.75, 3.05) is 32.7 Å². The number of nitrogens with zero attached hydrogens (tertiary/aromatic N) is 2. The summed E-state index contributed by atoms with van der Waals surface area (Å²) >= 11 is 1.56. The van der Waals surface area contributed by atoms with Gasteiger partial charge in [0.15, 0.2) is 0 Å². The molecular formula is C18H24ClN3O2S. The smallest absolute Gasteiger partial charge is 0.264 e. The number of piperazine rings is 1. The van der Waals surface area contributed by atoms with E-state index in [1.54, 1.807) is 11.3 Å². The van der Waals surface area contributed by atoms with Gasteiger partial charge in [-0.3, -0.25) is 9.59 Å². The van der Waals surface area contributed by atoms with E-state index in [1.807, 2.05) is 28.9 Å². The number of hydrogen-bond donors (Lipinski definition) is 1. The Morgan fingerprint density at radius 2 is 1.76 bits per heavy atom. The molecule has 0 bridgehead atoms. The molecule has 3 rings (SSSR count). The Balaban J connectivity index is 0.00000225. The van der Waals surface area contributed by atoms with E-state index in [2.05, 4.69) is 12.1 Å². The maximum Gasteiger partial charge on any atom is 0.264 e. The molecule has 0 aliphatic carbocycles. The van der Waals surface area contributed by atoms with E-state index in [4.69, 9.17) is 5.73 Å². The number of carbonyl (C=O) groups is 2. The molecule has 0 unspecified atom stereocenters. The highest BCUT2D eigenvalue weighted by Gasteiger charge is 2.26. The maximum atomic E-state index is 12.9. The maximum absolute atomic E-state index is 12.9. The number of rotatable bonds is 4. The number of amides is 2. The van der Waals surface area contributed by atoms with Crippen LogP contribution in [-0.4, -0.2) is 54.3 Å². The lowest BCUT2D eigenvalue weighted by Gasteiger charge is -2.34. The quantitative estimate of drug-likeness (QED) is 0.885.